The molecule has 1 atom stereocenters. The summed E-state index contributed by atoms with van der Waals surface area (Å²) < 4.78 is 6.20. The first kappa shape index (κ1) is 15.5. The Bertz CT molecular complexity index is 490. The molecule has 0 aromatic carbocycles. The monoisotopic (exact) mass is 361 g/mol. The molecule has 0 aliphatic carbocycles. The molecule has 0 bridgehead atoms. The largest absolute Gasteiger partial charge is 0.480 e. The Balaban J connectivity index is 1.82. The minimum absolute atomic E-state index is 0.0823. The molecule has 0 saturated carbocycles. The highest BCUT2D eigenvalue weighted by Crippen LogP contribution is 2.23. The first-order valence-electron chi connectivity index (χ1n) is 6.42. The van der Waals surface area contributed by atoms with Crippen LogP contribution in [0.15, 0.2) is 15.9 Å². The average molecular weight is 362 g/mol. The summed E-state index contributed by atoms with van der Waals surface area (Å²) in [6.07, 6.45) is 1.94. The predicted molar refractivity (Wildman–Crippen MR) is 78.9 cm³/mol. The minimum atomic E-state index is -1.000. The predicted octanol–water partition coefficient (Wildman–Crippen LogP) is 2.15. The Kier molecular flexibility index (Phi) is 5.56. The van der Waals surface area contributed by atoms with Crippen LogP contribution in [0.25, 0.3) is 0 Å². The quantitative estimate of drug-likeness (QED) is 0.872. The van der Waals surface area contributed by atoms with Crippen molar-refractivity contribution < 1.29 is 19.4 Å². The molecule has 5 nitrogen and oxygen atoms in total. The van der Waals surface area contributed by atoms with Crippen LogP contribution >= 0.6 is 27.3 Å². The number of halogens is 1. The van der Waals surface area contributed by atoms with Crippen LogP contribution in [-0.2, 0) is 20.7 Å². The van der Waals surface area contributed by atoms with Crippen molar-refractivity contribution in [1.82, 2.24) is 4.90 Å². The number of ether oxygens (including phenoxy) is 1. The fourth-order valence-corrected chi connectivity index (χ4v) is 3.68. The molecule has 1 aliphatic heterocycles. The summed E-state index contributed by atoms with van der Waals surface area (Å²) in [5, 5.41) is 9.09. The van der Waals surface area contributed by atoms with E-state index < -0.39 is 12.0 Å². The second-order valence-electron chi connectivity index (χ2n) is 4.58. The molecule has 1 aromatic rings. The van der Waals surface area contributed by atoms with E-state index in [9.17, 15) is 9.59 Å². The zero-order chi connectivity index (χ0) is 14.5. The van der Waals surface area contributed by atoms with Gasteiger partial charge in [0.1, 0.15) is 0 Å². The number of amides is 1. The number of morpholine rings is 1. The Morgan fingerprint density at radius 2 is 2.30 bits per heavy atom. The summed E-state index contributed by atoms with van der Waals surface area (Å²) in [7, 11) is 0. The van der Waals surface area contributed by atoms with Gasteiger partial charge in [0.25, 0.3) is 0 Å². The van der Waals surface area contributed by atoms with Crippen molar-refractivity contribution in [2.45, 2.75) is 25.3 Å². The Labute approximate surface area is 129 Å². The van der Waals surface area contributed by atoms with Gasteiger partial charge in [-0.1, -0.05) is 0 Å². The molecule has 1 saturated heterocycles. The lowest BCUT2D eigenvalue weighted by Gasteiger charge is -2.32. The Morgan fingerprint density at radius 3 is 2.95 bits per heavy atom. The summed E-state index contributed by atoms with van der Waals surface area (Å²) in [6, 6.07) is 3.19. The van der Waals surface area contributed by atoms with Crippen molar-refractivity contribution in [3.8, 4) is 0 Å². The molecule has 0 unspecified atom stereocenters. The van der Waals surface area contributed by atoms with Crippen molar-refractivity contribution in [3.05, 3.63) is 20.8 Å². The van der Waals surface area contributed by atoms with E-state index in [0.29, 0.717) is 19.6 Å². The zero-order valence-corrected chi connectivity index (χ0v) is 13.3. The maximum atomic E-state index is 12.1. The van der Waals surface area contributed by atoms with Gasteiger partial charge in [-0.2, -0.15) is 0 Å². The van der Waals surface area contributed by atoms with Gasteiger partial charge in [-0.25, -0.2) is 4.79 Å². The van der Waals surface area contributed by atoms with Gasteiger partial charge in [0.05, 0.1) is 17.0 Å². The number of hydrogen-bond acceptors (Lipinski definition) is 4. The standard InChI is InChI=1S/C13H16BrNO4S/c14-11-5-4-9(20-11)2-1-3-12(16)15-6-7-19-8-10(15)13(17)18/h4-5,10H,1-3,6-8H2,(H,17,18)/t10-/m1/s1. The van der Waals surface area contributed by atoms with Crippen LogP contribution < -0.4 is 0 Å². The topological polar surface area (TPSA) is 66.8 Å². The smallest absolute Gasteiger partial charge is 0.328 e. The van der Waals surface area contributed by atoms with Crippen LogP contribution in [0, 0.1) is 0 Å². The number of aryl methyl sites for hydroxylation is 1. The normalized spacial score (nSPS) is 19.1. The minimum Gasteiger partial charge on any atom is -0.480 e. The lowest BCUT2D eigenvalue weighted by Crippen LogP contribution is -2.52. The van der Waals surface area contributed by atoms with Crippen LogP contribution in [0.3, 0.4) is 0 Å². The summed E-state index contributed by atoms with van der Waals surface area (Å²) >= 11 is 5.06. The third kappa shape index (κ3) is 4.04. The van der Waals surface area contributed by atoms with Gasteiger partial charge in [-0.15, -0.1) is 11.3 Å². The Morgan fingerprint density at radius 1 is 1.50 bits per heavy atom. The van der Waals surface area contributed by atoms with Gasteiger partial charge in [0, 0.05) is 17.8 Å². The third-order valence-electron chi connectivity index (χ3n) is 3.18. The number of hydrogen-bond donors (Lipinski definition) is 1. The molecule has 1 fully saturated rings. The lowest BCUT2D eigenvalue weighted by atomic mass is 10.1. The molecule has 1 aromatic heterocycles. The molecule has 2 rings (SSSR count). The highest BCUT2D eigenvalue weighted by molar-refractivity contribution is 9.11. The van der Waals surface area contributed by atoms with Gasteiger partial charge >= 0.3 is 5.97 Å². The fraction of sp³-hybridized carbons (Fsp3) is 0.538. The van der Waals surface area contributed by atoms with Crippen LogP contribution in [0.1, 0.15) is 17.7 Å². The van der Waals surface area contributed by atoms with E-state index in [1.54, 1.807) is 11.3 Å². The summed E-state index contributed by atoms with van der Waals surface area (Å²) in [5.74, 6) is -1.10. The van der Waals surface area contributed by atoms with Gasteiger partial charge < -0.3 is 14.7 Å². The molecule has 7 heteroatoms. The number of aliphatic carboxylic acids is 1. The maximum Gasteiger partial charge on any atom is 0.328 e. The number of rotatable bonds is 5. The van der Waals surface area contributed by atoms with Gasteiger partial charge in [-0.05, 0) is 40.9 Å². The van der Waals surface area contributed by atoms with Gasteiger partial charge in [-0.3, -0.25) is 4.79 Å². The van der Waals surface area contributed by atoms with Crippen LogP contribution in [0.2, 0.25) is 0 Å². The van der Waals surface area contributed by atoms with Crippen molar-refractivity contribution in [3.63, 3.8) is 0 Å². The van der Waals surface area contributed by atoms with E-state index in [1.807, 2.05) is 12.1 Å². The molecular formula is C13H16BrNO4S. The van der Waals surface area contributed by atoms with E-state index >= 15 is 0 Å². The zero-order valence-electron chi connectivity index (χ0n) is 10.9. The second kappa shape index (κ2) is 7.19. The number of nitrogens with zero attached hydrogens (tertiary/aromatic N) is 1. The van der Waals surface area contributed by atoms with Crippen molar-refractivity contribution >= 4 is 39.1 Å². The maximum absolute atomic E-state index is 12.1. The molecule has 0 radical (unpaired) electrons. The lowest BCUT2D eigenvalue weighted by molar-refractivity contribution is -0.158. The number of carboxylic acid groups (broad SMARTS) is 1. The number of thiophene rings is 1. The van der Waals surface area contributed by atoms with E-state index in [1.165, 1.54) is 9.78 Å². The van der Waals surface area contributed by atoms with Crippen LogP contribution in [0.4, 0.5) is 0 Å². The molecule has 0 spiro atoms. The SMILES string of the molecule is O=C(O)[C@H]1COCCN1C(=O)CCCc1ccc(Br)s1. The molecule has 110 valence electrons. The van der Waals surface area contributed by atoms with E-state index in [2.05, 4.69) is 15.9 Å². The average Bonchev–Trinajstić information content (AvgIpc) is 2.84. The van der Waals surface area contributed by atoms with E-state index in [0.717, 1.165) is 16.6 Å². The molecule has 20 heavy (non-hydrogen) atoms. The fourth-order valence-electron chi connectivity index (χ4n) is 2.15. The summed E-state index contributed by atoms with van der Waals surface area (Å²) in [5.41, 5.74) is 0. The van der Waals surface area contributed by atoms with Crippen molar-refractivity contribution in [2.75, 3.05) is 19.8 Å². The molecule has 1 aliphatic rings. The molecular weight excluding hydrogens is 346 g/mol. The van der Waals surface area contributed by atoms with Crippen molar-refractivity contribution in [1.29, 1.82) is 0 Å². The van der Waals surface area contributed by atoms with Gasteiger partial charge in [0.2, 0.25) is 5.91 Å². The van der Waals surface area contributed by atoms with Crippen LogP contribution in [-0.4, -0.2) is 47.7 Å². The molecule has 1 N–H and O–H groups in total. The molecule has 1 amide bonds. The summed E-state index contributed by atoms with van der Waals surface area (Å²) in [6.45, 7) is 0.854. The second-order valence-corrected chi connectivity index (χ2v) is 7.12. The van der Waals surface area contributed by atoms with Crippen molar-refractivity contribution in [2.24, 2.45) is 0 Å². The van der Waals surface area contributed by atoms with E-state index in [4.69, 9.17) is 9.84 Å². The highest BCUT2D eigenvalue weighted by Gasteiger charge is 2.32. The Hall–Kier alpha value is -0.920. The number of carbonyl (C=O) groups excluding carboxylic acids is 1. The first-order chi connectivity index (χ1) is 9.58. The summed E-state index contributed by atoms with van der Waals surface area (Å²) in [4.78, 5) is 25.8. The number of carboxylic acids is 1. The third-order valence-corrected chi connectivity index (χ3v) is 4.86. The molecule has 2 heterocycles. The van der Waals surface area contributed by atoms with Crippen LogP contribution in [0.5, 0.6) is 0 Å². The van der Waals surface area contributed by atoms with Gasteiger partial charge in [0.15, 0.2) is 6.04 Å². The highest BCUT2D eigenvalue weighted by atomic mass is 79.9. The first-order valence-corrected chi connectivity index (χ1v) is 8.03. The number of carbonyl (C=O) groups is 2. The van der Waals surface area contributed by atoms with E-state index in [-0.39, 0.29) is 12.5 Å².